The third-order valence-corrected chi connectivity index (χ3v) is 7.67. The van der Waals surface area contributed by atoms with E-state index in [0.29, 0.717) is 0 Å². The summed E-state index contributed by atoms with van der Waals surface area (Å²) >= 11 is 0. The van der Waals surface area contributed by atoms with Crippen LogP contribution in [0.4, 0.5) is 0 Å². The smallest absolute Gasteiger partial charge is 0.137 e. The Morgan fingerprint density at radius 2 is 1.49 bits per heavy atom. The van der Waals surface area contributed by atoms with Crippen molar-refractivity contribution in [3.8, 4) is 28.1 Å². The van der Waals surface area contributed by atoms with Crippen molar-refractivity contribution >= 4 is 27.4 Å². The number of rotatable bonds is 2. The monoisotopic (exact) mass is 446 g/mol. The Labute approximate surface area is 203 Å². The van der Waals surface area contributed by atoms with Crippen molar-refractivity contribution in [1.29, 1.82) is 0 Å². The average molecular weight is 447 g/mol. The summed E-state index contributed by atoms with van der Waals surface area (Å²) in [6.45, 7) is 0. The summed E-state index contributed by atoms with van der Waals surface area (Å²) in [5.41, 5.74) is 13.4. The molecule has 0 spiro atoms. The van der Waals surface area contributed by atoms with Crippen LogP contribution in [0, 0.1) is 0 Å². The number of aromatic nitrogens is 2. The minimum atomic E-state index is 0.946. The number of fused-ring (bicyclic) bond motifs is 6. The number of nitrogens with zero attached hydrogens (tertiary/aromatic N) is 2. The first-order valence-corrected chi connectivity index (χ1v) is 12.3. The summed E-state index contributed by atoms with van der Waals surface area (Å²) in [5.74, 6) is 0.946. The Bertz CT molecular complexity index is 1840. The van der Waals surface area contributed by atoms with Crippen LogP contribution in [0.15, 0.2) is 109 Å². The highest BCUT2D eigenvalue weighted by atomic mass is 15.1. The molecule has 0 fully saturated rings. The van der Waals surface area contributed by atoms with Crippen LogP contribution in [0.2, 0.25) is 0 Å². The van der Waals surface area contributed by atoms with Gasteiger partial charge in [-0.3, -0.25) is 4.57 Å². The normalized spacial score (nSPS) is 13.7. The lowest BCUT2D eigenvalue weighted by atomic mass is 9.90. The number of benzene rings is 4. The van der Waals surface area contributed by atoms with Crippen LogP contribution in [0.5, 0.6) is 0 Å². The molecular formula is C33H22N2. The lowest BCUT2D eigenvalue weighted by Crippen LogP contribution is -1.97. The van der Waals surface area contributed by atoms with E-state index in [0.717, 1.165) is 18.7 Å². The highest BCUT2D eigenvalue weighted by Gasteiger charge is 2.27. The minimum Gasteiger partial charge on any atom is -0.294 e. The number of para-hydroxylation sites is 1. The van der Waals surface area contributed by atoms with E-state index in [9.17, 15) is 0 Å². The van der Waals surface area contributed by atoms with E-state index < -0.39 is 0 Å². The summed E-state index contributed by atoms with van der Waals surface area (Å²) in [7, 11) is 0. The van der Waals surface area contributed by atoms with Gasteiger partial charge in [0.15, 0.2) is 0 Å². The van der Waals surface area contributed by atoms with Gasteiger partial charge in [-0.05, 0) is 93.8 Å². The summed E-state index contributed by atoms with van der Waals surface area (Å²) < 4.78 is 2.27. The van der Waals surface area contributed by atoms with Crippen molar-refractivity contribution in [3.05, 3.63) is 126 Å². The van der Waals surface area contributed by atoms with E-state index in [4.69, 9.17) is 0 Å². The second-order valence-electron chi connectivity index (χ2n) is 9.53. The topological polar surface area (TPSA) is 17.8 Å². The zero-order chi connectivity index (χ0) is 22.9. The van der Waals surface area contributed by atoms with Crippen molar-refractivity contribution in [2.24, 2.45) is 0 Å². The summed E-state index contributed by atoms with van der Waals surface area (Å²) in [4.78, 5) is 4.65. The fourth-order valence-corrected chi connectivity index (χ4v) is 6.14. The Kier molecular flexibility index (Phi) is 3.81. The van der Waals surface area contributed by atoms with E-state index in [-0.39, 0.29) is 0 Å². The van der Waals surface area contributed by atoms with E-state index in [1.54, 1.807) is 0 Å². The molecule has 0 aliphatic heterocycles. The molecule has 0 radical (unpaired) electrons. The lowest BCUT2D eigenvalue weighted by Gasteiger charge is -2.14. The van der Waals surface area contributed by atoms with Crippen LogP contribution in [0.25, 0.3) is 55.5 Å². The maximum absolute atomic E-state index is 4.65. The molecule has 4 aromatic carbocycles. The van der Waals surface area contributed by atoms with Gasteiger partial charge >= 0.3 is 0 Å². The molecule has 0 saturated heterocycles. The molecule has 35 heavy (non-hydrogen) atoms. The Hall–Kier alpha value is -4.43. The zero-order valence-corrected chi connectivity index (χ0v) is 19.2. The molecule has 8 rings (SSSR count). The molecule has 6 aromatic rings. The summed E-state index contributed by atoms with van der Waals surface area (Å²) in [6.07, 6.45) is 6.56. The highest BCUT2D eigenvalue weighted by molar-refractivity contribution is 6.10. The van der Waals surface area contributed by atoms with Gasteiger partial charge in [0.25, 0.3) is 0 Å². The maximum atomic E-state index is 4.65. The van der Waals surface area contributed by atoms with Crippen LogP contribution in [-0.2, 0) is 6.42 Å². The van der Waals surface area contributed by atoms with E-state index in [2.05, 4.69) is 101 Å². The van der Waals surface area contributed by atoms with E-state index in [1.807, 2.05) is 18.3 Å². The van der Waals surface area contributed by atoms with Gasteiger partial charge in [0.1, 0.15) is 5.82 Å². The summed E-state index contributed by atoms with van der Waals surface area (Å²) in [6, 6.07) is 35.4. The van der Waals surface area contributed by atoms with Crippen molar-refractivity contribution in [2.45, 2.75) is 12.8 Å². The largest absolute Gasteiger partial charge is 0.294 e. The molecule has 2 aliphatic carbocycles. The molecule has 0 N–H and O–H groups in total. The second kappa shape index (κ2) is 7.04. The third kappa shape index (κ3) is 2.62. The molecule has 0 bridgehead atoms. The van der Waals surface area contributed by atoms with Gasteiger partial charge in [-0.25, -0.2) is 4.98 Å². The van der Waals surface area contributed by atoms with Gasteiger partial charge in [0, 0.05) is 17.0 Å². The van der Waals surface area contributed by atoms with Gasteiger partial charge in [0.05, 0.1) is 11.0 Å². The van der Waals surface area contributed by atoms with Gasteiger partial charge in [-0.15, -0.1) is 0 Å². The maximum Gasteiger partial charge on any atom is 0.137 e. The predicted octanol–water partition coefficient (Wildman–Crippen LogP) is 8.20. The Balaban J connectivity index is 1.33. The quantitative estimate of drug-likeness (QED) is 0.262. The number of hydrogen-bond acceptors (Lipinski definition) is 1. The van der Waals surface area contributed by atoms with Gasteiger partial charge in [0.2, 0.25) is 0 Å². The molecule has 0 atom stereocenters. The molecule has 2 aromatic heterocycles. The molecule has 2 heteroatoms. The van der Waals surface area contributed by atoms with Crippen LogP contribution >= 0.6 is 0 Å². The van der Waals surface area contributed by atoms with Crippen LogP contribution < -0.4 is 0 Å². The van der Waals surface area contributed by atoms with Crippen LogP contribution in [0.3, 0.4) is 0 Å². The fourth-order valence-electron chi connectivity index (χ4n) is 6.14. The first kappa shape index (κ1) is 18.9. The first-order valence-electron chi connectivity index (χ1n) is 12.3. The molecule has 0 unspecified atom stereocenters. The number of aryl methyl sites for hydroxylation is 1. The molecule has 2 nitrogen and oxygen atoms in total. The average Bonchev–Trinajstić information content (AvgIpc) is 3.43. The molecule has 0 saturated carbocycles. The SMILES string of the molecule is C1=C2c3cc(-c4ccc5c(c4)c4ccccc4n5-c4ccccn4)ccc3-c3cccc(c32)CC1. The van der Waals surface area contributed by atoms with Gasteiger partial charge < -0.3 is 0 Å². The zero-order valence-electron chi connectivity index (χ0n) is 19.2. The standard InChI is InChI=1S/C33H22N2/c1-2-12-30-25(9-1)29-20-23(15-17-31(29)35(30)32-13-3-4-18-34-32)22-14-16-24-26-10-5-7-21-8-6-11-27(33(21)26)28(24)19-22/h1-5,7,9-20H,6,8H2. The van der Waals surface area contributed by atoms with Crippen molar-refractivity contribution < 1.29 is 0 Å². The molecule has 2 heterocycles. The van der Waals surface area contributed by atoms with Gasteiger partial charge in [-0.2, -0.15) is 0 Å². The number of pyridine rings is 1. The molecule has 164 valence electrons. The van der Waals surface area contributed by atoms with Crippen molar-refractivity contribution in [3.63, 3.8) is 0 Å². The van der Waals surface area contributed by atoms with Crippen LogP contribution in [0.1, 0.15) is 23.1 Å². The first-order chi connectivity index (χ1) is 17.4. The van der Waals surface area contributed by atoms with Crippen molar-refractivity contribution in [1.82, 2.24) is 9.55 Å². The third-order valence-electron chi connectivity index (χ3n) is 7.67. The fraction of sp³-hybridized carbons (Fsp3) is 0.0606. The Morgan fingerprint density at radius 3 is 2.43 bits per heavy atom. The van der Waals surface area contributed by atoms with E-state index >= 15 is 0 Å². The molecule has 0 amide bonds. The summed E-state index contributed by atoms with van der Waals surface area (Å²) in [5, 5.41) is 2.51. The van der Waals surface area contributed by atoms with Gasteiger partial charge in [-0.1, -0.05) is 66.7 Å². The second-order valence-corrected chi connectivity index (χ2v) is 9.53. The number of hydrogen-bond donors (Lipinski definition) is 0. The molecule has 2 aliphatic rings. The minimum absolute atomic E-state index is 0.946. The molecular weight excluding hydrogens is 424 g/mol. The lowest BCUT2D eigenvalue weighted by molar-refractivity contribution is 0.982. The Morgan fingerprint density at radius 1 is 0.629 bits per heavy atom. The predicted molar refractivity (Wildman–Crippen MR) is 145 cm³/mol. The van der Waals surface area contributed by atoms with E-state index in [1.165, 1.54) is 66.3 Å². The number of allylic oxidation sites excluding steroid dienone is 1. The van der Waals surface area contributed by atoms with Crippen molar-refractivity contribution in [2.75, 3.05) is 0 Å². The van der Waals surface area contributed by atoms with Crippen LogP contribution in [-0.4, -0.2) is 9.55 Å². The highest BCUT2D eigenvalue weighted by Crippen LogP contribution is 2.49.